The molecule has 1 aliphatic heterocycles. The maximum atomic E-state index is 12.3. The zero-order chi connectivity index (χ0) is 15.6. The number of amides is 1. The lowest BCUT2D eigenvalue weighted by atomic mass is 10.2. The molecular weight excluding hydrogens is 278 g/mol. The highest BCUT2D eigenvalue weighted by atomic mass is 16.5. The molecule has 116 valence electrons. The molecule has 8 heteroatoms. The van der Waals surface area contributed by atoms with E-state index >= 15 is 0 Å². The van der Waals surface area contributed by atoms with E-state index in [0.29, 0.717) is 6.61 Å². The lowest BCUT2D eigenvalue weighted by Gasteiger charge is -2.37. The molecule has 1 saturated heterocycles. The standard InChI is InChI=1S/C13H19N3O5/c1-9-8-21-10(7-17)5-16(9)12(19)6-15-4-3-11(18)14(2)13(15)20/h3-4,9-10,17H,5-8H2,1-2H3. The van der Waals surface area contributed by atoms with Crippen LogP contribution in [0, 0.1) is 0 Å². The second kappa shape index (κ2) is 6.23. The van der Waals surface area contributed by atoms with Crippen molar-refractivity contribution in [2.75, 3.05) is 19.8 Å². The summed E-state index contributed by atoms with van der Waals surface area (Å²) in [4.78, 5) is 37.1. The topological polar surface area (TPSA) is 93.8 Å². The predicted molar refractivity (Wildman–Crippen MR) is 73.9 cm³/mol. The Hall–Kier alpha value is -1.93. The van der Waals surface area contributed by atoms with Crippen molar-refractivity contribution < 1.29 is 14.6 Å². The van der Waals surface area contributed by atoms with Crippen LogP contribution in [0.15, 0.2) is 21.9 Å². The van der Waals surface area contributed by atoms with Crippen molar-refractivity contribution in [2.45, 2.75) is 25.6 Å². The molecule has 21 heavy (non-hydrogen) atoms. The van der Waals surface area contributed by atoms with Gasteiger partial charge in [-0.25, -0.2) is 4.79 Å². The van der Waals surface area contributed by atoms with Crippen LogP contribution in [-0.4, -0.2) is 57.0 Å². The lowest BCUT2D eigenvalue weighted by molar-refractivity contribution is -0.146. The van der Waals surface area contributed by atoms with E-state index in [-0.39, 0.29) is 31.6 Å². The second-order valence-electron chi connectivity index (χ2n) is 5.16. The van der Waals surface area contributed by atoms with Crippen molar-refractivity contribution in [3.8, 4) is 0 Å². The first-order valence-corrected chi connectivity index (χ1v) is 6.72. The second-order valence-corrected chi connectivity index (χ2v) is 5.16. The first-order valence-electron chi connectivity index (χ1n) is 6.72. The Bertz CT molecular complexity index is 635. The van der Waals surface area contributed by atoms with Crippen LogP contribution in [0.3, 0.4) is 0 Å². The minimum absolute atomic E-state index is 0.122. The Morgan fingerprint density at radius 2 is 2.19 bits per heavy atom. The average Bonchev–Trinajstić information content (AvgIpc) is 2.48. The molecule has 1 aromatic heterocycles. The van der Waals surface area contributed by atoms with E-state index in [4.69, 9.17) is 9.84 Å². The van der Waals surface area contributed by atoms with Crippen LogP contribution in [0.2, 0.25) is 0 Å². The monoisotopic (exact) mass is 297 g/mol. The van der Waals surface area contributed by atoms with Crippen LogP contribution in [0.25, 0.3) is 0 Å². The highest BCUT2D eigenvalue weighted by molar-refractivity contribution is 5.76. The van der Waals surface area contributed by atoms with Gasteiger partial charge in [-0.3, -0.25) is 18.7 Å². The molecule has 0 bridgehead atoms. The number of aliphatic hydroxyl groups excluding tert-OH is 1. The number of hydrogen-bond acceptors (Lipinski definition) is 5. The van der Waals surface area contributed by atoms with E-state index in [1.165, 1.54) is 23.9 Å². The molecule has 1 aromatic rings. The van der Waals surface area contributed by atoms with Gasteiger partial charge in [-0.2, -0.15) is 0 Å². The zero-order valence-corrected chi connectivity index (χ0v) is 12.1. The maximum absolute atomic E-state index is 12.3. The van der Waals surface area contributed by atoms with Gasteiger partial charge < -0.3 is 14.7 Å². The van der Waals surface area contributed by atoms with Gasteiger partial charge in [0.1, 0.15) is 6.54 Å². The molecule has 0 aromatic carbocycles. The van der Waals surface area contributed by atoms with Crippen molar-refractivity contribution in [3.63, 3.8) is 0 Å². The molecule has 2 unspecified atom stereocenters. The Morgan fingerprint density at radius 3 is 2.86 bits per heavy atom. The Balaban J connectivity index is 2.16. The molecule has 1 N–H and O–H groups in total. The summed E-state index contributed by atoms with van der Waals surface area (Å²) in [6.07, 6.45) is 0.916. The van der Waals surface area contributed by atoms with Crippen LogP contribution in [0.1, 0.15) is 6.92 Å². The average molecular weight is 297 g/mol. The summed E-state index contributed by atoms with van der Waals surface area (Å²) < 4.78 is 7.52. The fourth-order valence-corrected chi connectivity index (χ4v) is 2.25. The molecule has 8 nitrogen and oxygen atoms in total. The highest BCUT2D eigenvalue weighted by Gasteiger charge is 2.29. The van der Waals surface area contributed by atoms with Gasteiger partial charge in [0.2, 0.25) is 5.91 Å². The van der Waals surface area contributed by atoms with Gasteiger partial charge in [0.05, 0.1) is 25.4 Å². The number of carbonyl (C=O) groups excluding carboxylic acids is 1. The van der Waals surface area contributed by atoms with Crippen molar-refractivity contribution >= 4 is 5.91 Å². The minimum atomic E-state index is -0.532. The summed E-state index contributed by atoms with van der Waals surface area (Å²) in [5.74, 6) is -0.245. The van der Waals surface area contributed by atoms with Gasteiger partial charge in [-0.15, -0.1) is 0 Å². The molecule has 1 amide bonds. The van der Waals surface area contributed by atoms with Gasteiger partial charge in [0.25, 0.3) is 5.56 Å². The molecule has 0 radical (unpaired) electrons. The molecule has 0 spiro atoms. The van der Waals surface area contributed by atoms with Crippen molar-refractivity contribution in [3.05, 3.63) is 33.1 Å². The number of hydrogen-bond donors (Lipinski definition) is 1. The first-order chi connectivity index (χ1) is 9.93. The minimum Gasteiger partial charge on any atom is -0.394 e. The summed E-state index contributed by atoms with van der Waals surface area (Å²) in [6, 6.07) is 1.12. The van der Waals surface area contributed by atoms with E-state index in [1.807, 2.05) is 6.92 Å². The number of aromatic nitrogens is 2. The summed E-state index contributed by atoms with van der Waals surface area (Å²) >= 11 is 0. The number of aliphatic hydroxyl groups is 1. The van der Waals surface area contributed by atoms with Gasteiger partial charge in [-0.05, 0) is 6.92 Å². The molecule has 2 heterocycles. The summed E-state index contributed by atoms with van der Waals surface area (Å²) in [5, 5.41) is 9.12. The molecule has 2 rings (SSSR count). The van der Waals surface area contributed by atoms with E-state index in [0.717, 1.165) is 4.57 Å². The van der Waals surface area contributed by atoms with E-state index < -0.39 is 17.4 Å². The van der Waals surface area contributed by atoms with Crippen LogP contribution in [0.4, 0.5) is 0 Å². The number of nitrogens with zero attached hydrogens (tertiary/aromatic N) is 3. The molecule has 1 fully saturated rings. The SMILES string of the molecule is CC1COC(CO)CN1C(=O)Cn1ccc(=O)n(C)c1=O. The number of carbonyl (C=O) groups is 1. The number of ether oxygens (including phenoxy) is 1. The van der Waals surface area contributed by atoms with Crippen LogP contribution in [-0.2, 0) is 23.1 Å². The third-order valence-corrected chi connectivity index (χ3v) is 3.60. The fourth-order valence-electron chi connectivity index (χ4n) is 2.25. The van der Waals surface area contributed by atoms with E-state index in [1.54, 1.807) is 4.90 Å². The Morgan fingerprint density at radius 1 is 1.48 bits per heavy atom. The van der Waals surface area contributed by atoms with Crippen molar-refractivity contribution in [2.24, 2.45) is 7.05 Å². The normalized spacial score (nSPS) is 22.3. The van der Waals surface area contributed by atoms with Gasteiger partial charge >= 0.3 is 5.69 Å². The quantitative estimate of drug-likeness (QED) is 0.707. The van der Waals surface area contributed by atoms with Gasteiger partial charge in [0.15, 0.2) is 0 Å². The smallest absolute Gasteiger partial charge is 0.331 e. The maximum Gasteiger partial charge on any atom is 0.331 e. The van der Waals surface area contributed by atoms with Crippen LogP contribution >= 0.6 is 0 Å². The van der Waals surface area contributed by atoms with Gasteiger partial charge in [0, 0.05) is 25.9 Å². The van der Waals surface area contributed by atoms with E-state index in [2.05, 4.69) is 0 Å². The summed E-state index contributed by atoms with van der Waals surface area (Å²) in [6.45, 7) is 2.18. The Kier molecular flexibility index (Phi) is 4.59. The fraction of sp³-hybridized carbons (Fsp3) is 0.615. The molecule has 1 aliphatic rings. The third-order valence-electron chi connectivity index (χ3n) is 3.60. The highest BCUT2D eigenvalue weighted by Crippen LogP contribution is 2.12. The molecule has 0 aliphatic carbocycles. The number of morpholine rings is 1. The summed E-state index contributed by atoms with van der Waals surface area (Å²) in [7, 11) is 1.37. The Labute approximate surface area is 121 Å². The van der Waals surface area contributed by atoms with Crippen LogP contribution in [0.5, 0.6) is 0 Å². The molecule has 2 atom stereocenters. The number of rotatable bonds is 3. The van der Waals surface area contributed by atoms with Crippen molar-refractivity contribution in [1.82, 2.24) is 14.0 Å². The van der Waals surface area contributed by atoms with Crippen LogP contribution < -0.4 is 11.2 Å². The first kappa shape index (κ1) is 15.5. The van der Waals surface area contributed by atoms with Gasteiger partial charge in [-0.1, -0.05) is 0 Å². The third kappa shape index (κ3) is 3.22. The molecular formula is C13H19N3O5. The van der Waals surface area contributed by atoms with E-state index in [9.17, 15) is 14.4 Å². The largest absolute Gasteiger partial charge is 0.394 e. The zero-order valence-electron chi connectivity index (χ0n) is 12.1. The van der Waals surface area contributed by atoms with Crippen molar-refractivity contribution in [1.29, 1.82) is 0 Å². The predicted octanol–water partition coefficient (Wildman–Crippen LogP) is -1.84. The summed E-state index contributed by atoms with van der Waals surface area (Å²) in [5.41, 5.74) is -0.945. The molecule has 0 saturated carbocycles. The lowest BCUT2D eigenvalue weighted by Crippen LogP contribution is -2.53.